The molecule has 0 radical (unpaired) electrons. The molecule has 1 aliphatic carbocycles. The van der Waals surface area contributed by atoms with Crippen molar-refractivity contribution in [2.45, 2.75) is 96.8 Å². The second-order valence-electron chi connectivity index (χ2n) is 10.6. The molecule has 0 N–H and O–H groups in total. The average Bonchev–Trinajstić information content (AvgIpc) is 2.89. The Bertz CT molecular complexity index is 954. The van der Waals surface area contributed by atoms with Crippen molar-refractivity contribution in [2.75, 3.05) is 0 Å². The quantitative estimate of drug-likeness (QED) is 0.254. The molecule has 0 atom stereocenters. The first-order chi connectivity index (χ1) is 16.7. The first-order valence-electron chi connectivity index (χ1n) is 14.0. The Morgan fingerprint density at radius 1 is 0.529 bits per heavy atom. The summed E-state index contributed by atoms with van der Waals surface area (Å²) in [7, 11) is 0. The number of benzene rings is 3. The normalized spacial score (nSPS) is 18.2. The summed E-state index contributed by atoms with van der Waals surface area (Å²) < 4.78 is 0. The van der Waals surface area contributed by atoms with Crippen molar-refractivity contribution in [3.8, 4) is 11.1 Å². The molecule has 34 heavy (non-hydrogen) atoms. The summed E-state index contributed by atoms with van der Waals surface area (Å²) in [5.41, 5.74) is 8.55. The summed E-state index contributed by atoms with van der Waals surface area (Å²) >= 11 is 0. The average molecular weight is 453 g/mol. The van der Waals surface area contributed by atoms with Gasteiger partial charge in [-0.2, -0.15) is 0 Å². The van der Waals surface area contributed by atoms with Crippen molar-refractivity contribution >= 4 is 0 Å². The highest BCUT2D eigenvalue weighted by molar-refractivity contribution is 5.64. The molecule has 0 heterocycles. The lowest BCUT2D eigenvalue weighted by Gasteiger charge is -2.29. The second-order valence-corrected chi connectivity index (χ2v) is 10.6. The number of unbranched alkanes of at least 4 members (excludes halogenated alkanes) is 2. The van der Waals surface area contributed by atoms with Crippen LogP contribution in [0.2, 0.25) is 0 Å². The van der Waals surface area contributed by atoms with Gasteiger partial charge in [0.25, 0.3) is 0 Å². The molecule has 1 aliphatic rings. The number of hydrogen-bond acceptors (Lipinski definition) is 0. The van der Waals surface area contributed by atoms with Crippen molar-refractivity contribution in [3.63, 3.8) is 0 Å². The highest BCUT2D eigenvalue weighted by Crippen LogP contribution is 2.38. The Balaban J connectivity index is 1.27. The van der Waals surface area contributed by atoms with E-state index in [2.05, 4.69) is 86.6 Å². The molecule has 0 heteroatoms. The third-order valence-electron chi connectivity index (χ3n) is 8.00. The minimum Gasteiger partial charge on any atom is -0.0654 e. The molecule has 3 aromatic carbocycles. The predicted molar refractivity (Wildman–Crippen MR) is 149 cm³/mol. The van der Waals surface area contributed by atoms with Crippen LogP contribution in [-0.4, -0.2) is 0 Å². The van der Waals surface area contributed by atoms with Gasteiger partial charge in [0.1, 0.15) is 0 Å². The molecule has 0 saturated heterocycles. The number of hydrogen-bond donors (Lipinski definition) is 0. The van der Waals surface area contributed by atoms with Gasteiger partial charge in [-0.25, -0.2) is 0 Å². The van der Waals surface area contributed by atoms with E-state index in [1.165, 1.54) is 92.0 Å². The lowest BCUT2D eigenvalue weighted by atomic mass is 9.77. The largest absolute Gasteiger partial charge is 0.0654 e. The van der Waals surface area contributed by atoms with E-state index in [1.54, 1.807) is 5.56 Å². The molecule has 0 unspecified atom stereocenters. The Morgan fingerprint density at radius 3 is 1.56 bits per heavy atom. The predicted octanol–water partition coefficient (Wildman–Crippen LogP) is 9.95. The molecule has 0 aliphatic heterocycles. The summed E-state index contributed by atoms with van der Waals surface area (Å²) in [4.78, 5) is 0. The first kappa shape index (κ1) is 24.8. The summed E-state index contributed by atoms with van der Waals surface area (Å²) in [5, 5.41) is 0. The fourth-order valence-corrected chi connectivity index (χ4v) is 5.73. The molecule has 3 aromatic rings. The highest BCUT2D eigenvalue weighted by atomic mass is 14.3. The smallest absolute Gasteiger partial charge is 0.0162 e. The highest BCUT2D eigenvalue weighted by Gasteiger charge is 2.22. The maximum Gasteiger partial charge on any atom is -0.0162 e. The zero-order valence-electron chi connectivity index (χ0n) is 21.6. The maximum absolute atomic E-state index is 2.40. The zero-order valence-corrected chi connectivity index (χ0v) is 21.6. The van der Waals surface area contributed by atoms with E-state index in [1.807, 2.05) is 0 Å². The molecular weight excluding hydrogens is 408 g/mol. The van der Waals surface area contributed by atoms with Gasteiger partial charge in [0.2, 0.25) is 0 Å². The lowest BCUT2D eigenvalue weighted by Crippen LogP contribution is -2.13. The molecule has 4 rings (SSSR count). The van der Waals surface area contributed by atoms with Crippen molar-refractivity contribution in [1.82, 2.24) is 0 Å². The van der Waals surface area contributed by atoms with Crippen LogP contribution in [0.15, 0.2) is 72.8 Å². The van der Waals surface area contributed by atoms with E-state index in [9.17, 15) is 0 Å². The molecule has 0 spiro atoms. The van der Waals surface area contributed by atoms with Gasteiger partial charge < -0.3 is 0 Å². The topological polar surface area (TPSA) is 0 Å². The van der Waals surface area contributed by atoms with Crippen LogP contribution in [-0.2, 0) is 19.3 Å². The lowest BCUT2D eigenvalue weighted by molar-refractivity contribution is 0.303. The monoisotopic (exact) mass is 452 g/mol. The molecule has 180 valence electrons. The SMILES string of the molecule is CCCCC[C@H]1CC[C@H](c2ccc(-c3ccc(CCc4ccc(CCC)cc4)cc3)cc2)CC1. The third-order valence-corrected chi connectivity index (χ3v) is 8.00. The third kappa shape index (κ3) is 7.08. The van der Waals surface area contributed by atoms with Crippen molar-refractivity contribution in [3.05, 3.63) is 95.1 Å². The van der Waals surface area contributed by atoms with Gasteiger partial charge in [0.05, 0.1) is 0 Å². The van der Waals surface area contributed by atoms with Crippen molar-refractivity contribution in [2.24, 2.45) is 5.92 Å². The molecule has 0 amide bonds. The summed E-state index contributed by atoms with van der Waals surface area (Å²) in [5.74, 6) is 1.76. The van der Waals surface area contributed by atoms with E-state index < -0.39 is 0 Å². The molecule has 0 nitrogen and oxygen atoms in total. The van der Waals surface area contributed by atoms with Crippen LogP contribution in [0.4, 0.5) is 0 Å². The molecule has 1 fully saturated rings. The number of aryl methyl sites for hydroxylation is 3. The minimum absolute atomic E-state index is 0.773. The number of rotatable bonds is 11. The summed E-state index contributed by atoms with van der Waals surface area (Å²) in [6.45, 7) is 4.55. The van der Waals surface area contributed by atoms with E-state index in [4.69, 9.17) is 0 Å². The van der Waals surface area contributed by atoms with Gasteiger partial charge in [-0.05, 0) is 90.2 Å². The van der Waals surface area contributed by atoms with E-state index in [0.29, 0.717) is 0 Å². The minimum atomic E-state index is 0.773. The van der Waals surface area contributed by atoms with E-state index in [0.717, 1.165) is 24.7 Å². The van der Waals surface area contributed by atoms with Gasteiger partial charge in [-0.1, -0.05) is 119 Å². The van der Waals surface area contributed by atoms with Crippen molar-refractivity contribution in [1.29, 1.82) is 0 Å². The molecule has 0 aromatic heterocycles. The fourth-order valence-electron chi connectivity index (χ4n) is 5.73. The zero-order chi connectivity index (χ0) is 23.6. The van der Waals surface area contributed by atoms with Gasteiger partial charge in [-0.3, -0.25) is 0 Å². The summed E-state index contributed by atoms with van der Waals surface area (Å²) in [6.07, 6.45) is 15.9. The molecular formula is C34H44. The van der Waals surface area contributed by atoms with Crippen molar-refractivity contribution < 1.29 is 0 Å². The maximum atomic E-state index is 2.40. The van der Waals surface area contributed by atoms with Gasteiger partial charge in [-0.15, -0.1) is 0 Å². The molecule has 1 saturated carbocycles. The Labute approximate surface area is 208 Å². The standard InChI is InChI=1S/C34H44/c1-3-5-6-8-28-15-19-31(20-16-28)33-23-25-34(26-24-33)32-21-17-30(18-22-32)14-13-29-11-9-27(7-4-2)10-12-29/h9-12,17-18,21-26,28,31H,3-8,13-16,19-20H2,1-2H3/t28-,31-. The van der Waals surface area contributed by atoms with Gasteiger partial charge >= 0.3 is 0 Å². The molecule has 0 bridgehead atoms. The second kappa shape index (κ2) is 12.9. The first-order valence-corrected chi connectivity index (χ1v) is 14.0. The van der Waals surface area contributed by atoms with Crippen LogP contribution >= 0.6 is 0 Å². The van der Waals surface area contributed by atoms with E-state index >= 15 is 0 Å². The van der Waals surface area contributed by atoms with E-state index in [-0.39, 0.29) is 0 Å². The van der Waals surface area contributed by atoms with Crippen LogP contribution in [0.1, 0.15) is 99.8 Å². The van der Waals surface area contributed by atoms with Crippen LogP contribution in [0.3, 0.4) is 0 Å². The van der Waals surface area contributed by atoms with Crippen LogP contribution in [0.5, 0.6) is 0 Å². The van der Waals surface area contributed by atoms with Crippen LogP contribution < -0.4 is 0 Å². The fraction of sp³-hybridized carbons (Fsp3) is 0.471. The Kier molecular flexibility index (Phi) is 9.43. The Morgan fingerprint density at radius 2 is 1.03 bits per heavy atom. The van der Waals surface area contributed by atoms with Gasteiger partial charge in [0, 0.05) is 0 Å². The Hall–Kier alpha value is -2.34. The van der Waals surface area contributed by atoms with Gasteiger partial charge in [0.15, 0.2) is 0 Å². The summed E-state index contributed by atoms with van der Waals surface area (Å²) in [6, 6.07) is 27.9. The van der Waals surface area contributed by atoms with Crippen LogP contribution in [0, 0.1) is 5.92 Å². The van der Waals surface area contributed by atoms with Crippen LogP contribution in [0.25, 0.3) is 11.1 Å².